The molecule has 0 saturated heterocycles. The van der Waals surface area contributed by atoms with Gasteiger partial charge < -0.3 is 21.1 Å². The number of anilines is 1. The molecule has 0 bridgehead atoms. The van der Waals surface area contributed by atoms with E-state index in [9.17, 15) is 31.2 Å². The maximum atomic E-state index is 13.5. The van der Waals surface area contributed by atoms with Gasteiger partial charge in [0.2, 0.25) is 5.91 Å². The van der Waals surface area contributed by atoms with Gasteiger partial charge in [0.15, 0.2) is 0 Å². The zero-order valence-electron chi connectivity index (χ0n) is 23.2. The predicted molar refractivity (Wildman–Crippen MR) is 156 cm³/mol. The number of nitrogens with one attached hydrogen (secondary N) is 2. The Balaban J connectivity index is 1.68. The third-order valence-electron chi connectivity index (χ3n) is 6.63. The molecule has 2 amide bonds. The van der Waals surface area contributed by atoms with Crippen molar-refractivity contribution in [1.29, 1.82) is 0 Å². The van der Waals surface area contributed by atoms with Gasteiger partial charge in [0.1, 0.15) is 12.4 Å². The summed E-state index contributed by atoms with van der Waals surface area (Å²) in [5.41, 5.74) is 5.40. The first kappa shape index (κ1) is 32.1. The number of aryl methyl sites for hydroxylation is 1. The number of carbonyl (C=O) groups excluding carboxylic acids is 2. The van der Waals surface area contributed by atoms with Crippen LogP contribution in [0.5, 0.6) is 5.75 Å². The lowest BCUT2D eigenvalue weighted by atomic mass is 9.99. The number of benzene rings is 3. The SMILES string of the molecule is Cc1cccc(S(=O)(=O)N2CCOc3ccc(C(=O)N[C@@H](CC(=O)NCC(C)N)c4cc(C(F)(F)F)ccc4Cl)cc32)c1. The zero-order chi connectivity index (χ0) is 31.5. The van der Waals surface area contributed by atoms with Crippen molar-refractivity contribution in [2.24, 2.45) is 5.73 Å². The maximum Gasteiger partial charge on any atom is 0.416 e. The third-order valence-corrected chi connectivity index (χ3v) is 8.79. The minimum Gasteiger partial charge on any atom is -0.489 e. The number of halogens is 4. The van der Waals surface area contributed by atoms with E-state index in [-0.39, 0.29) is 58.2 Å². The van der Waals surface area contributed by atoms with Crippen LogP contribution >= 0.6 is 11.6 Å². The lowest BCUT2D eigenvalue weighted by molar-refractivity contribution is -0.137. The molecule has 4 N–H and O–H groups in total. The van der Waals surface area contributed by atoms with E-state index in [0.29, 0.717) is 0 Å². The van der Waals surface area contributed by atoms with E-state index in [2.05, 4.69) is 10.6 Å². The Hall–Kier alpha value is -3.81. The first-order valence-corrected chi connectivity index (χ1v) is 15.0. The predicted octanol–water partition coefficient (Wildman–Crippen LogP) is 4.58. The van der Waals surface area contributed by atoms with E-state index in [1.54, 1.807) is 26.0 Å². The van der Waals surface area contributed by atoms with Crippen molar-refractivity contribution >= 4 is 39.1 Å². The second-order valence-electron chi connectivity index (χ2n) is 10.2. The van der Waals surface area contributed by atoms with Gasteiger partial charge in [-0.1, -0.05) is 23.7 Å². The summed E-state index contributed by atoms with van der Waals surface area (Å²) in [6.45, 7) is 3.59. The van der Waals surface area contributed by atoms with Gasteiger partial charge in [0, 0.05) is 23.2 Å². The molecule has 3 aromatic carbocycles. The number of fused-ring (bicyclic) bond motifs is 1. The van der Waals surface area contributed by atoms with Crippen LogP contribution in [0.3, 0.4) is 0 Å². The number of ether oxygens (including phenoxy) is 1. The third kappa shape index (κ3) is 7.59. The summed E-state index contributed by atoms with van der Waals surface area (Å²) in [4.78, 5) is 26.2. The van der Waals surface area contributed by atoms with Crippen LogP contribution in [0.15, 0.2) is 65.6 Å². The topological polar surface area (TPSA) is 131 Å². The average molecular weight is 639 g/mol. The average Bonchev–Trinajstić information content (AvgIpc) is 2.94. The van der Waals surface area contributed by atoms with Crippen LogP contribution in [0.4, 0.5) is 18.9 Å². The summed E-state index contributed by atoms with van der Waals surface area (Å²) in [5, 5.41) is 5.08. The normalized spacial score (nSPS) is 14.7. The summed E-state index contributed by atoms with van der Waals surface area (Å²) < 4.78 is 74.4. The monoisotopic (exact) mass is 638 g/mol. The van der Waals surface area contributed by atoms with E-state index in [4.69, 9.17) is 22.1 Å². The van der Waals surface area contributed by atoms with Gasteiger partial charge in [-0.2, -0.15) is 13.2 Å². The highest BCUT2D eigenvalue weighted by molar-refractivity contribution is 7.92. The number of carbonyl (C=O) groups is 2. The van der Waals surface area contributed by atoms with Crippen molar-refractivity contribution in [3.63, 3.8) is 0 Å². The van der Waals surface area contributed by atoms with Gasteiger partial charge in [0.25, 0.3) is 15.9 Å². The Bertz CT molecular complexity index is 1630. The van der Waals surface area contributed by atoms with E-state index < -0.39 is 46.0 Å². The molecule has 0 fully saturated rings. The van der Waals surface area contributed by atoms with Crippen LogP contribution in [0.25, 0.3) is 0 Å². The Labute approximate surface area is 252 Å². The molecule has 14 heteroatoms. The number of nitrogens with zero attached hydrogens (tertiary/aromatic N) is 1. The summed E-state index contributed by atoms with van der Waals surface area (Å²) in [7, 11) is -4.03. The standard InChI is InChI=1S/C29H30ClF3N4O5S/c1-17-4-3-5-21(12-17)43(40,41)37-10-11-42-26-9-6-19(13-25(26)37)28(39)36-24(15-27(38)35-16-18(2)34)22-14-20(29(31,32)33)7-8-23(22)30/h3-9,12-14,18,24H,10-11,15-16,34H2,1-2H3,(H,35,38)(H,36,39)/t18?,24-/m0/s1. The number of nitrogens with two attached hydrogens (primary N) is 1. The van der Waals surface area contributed by atoms with Gasteiger partial charge >= 0.3 is 6.18 Å². The molecule has 9 nitrogen and oxygen atoms in total. The fourth-order valence-electron chi connectivity index (χ4n) is 4.49. The molecule has 0 saturated carbocycles. The molecule has 1 unspecified atom stereocenters. The number of rotatable bonds is 9. The molecule has 1 aliphatic rings. The van der Waals surface area contributed by atoms with E-state index in [1.165, 1.54) is 30.3 Å². The second-order valence-corrected chi connectivity index (χ2v) is 12.4. The molecule has 0 aliphatic carbocycles. The lowest BCUT2D eigenvalue weighted by Crippen LogP contribution is -2.39. The summed E-state index contributed by atoms with van der Waals surface area (Å²) >= 11 is 6.25. The molecule has 4 rings (SSSR count). The highest BCUT2D eigenvalue weighted by atomic mass is 35.5. The molecule has 0 radical (unpaired) electrons. The molecule has 1 aliphatic heterocycles. The number of hydrogen-bond acceptors (Lipinski definition) is 6. The Kier molecular flexibility index (Phi) is 9.57. The smallest absolute Gasteiger partial charge is 0.416 e. The summed E-state index contributed by atoms with van der Waals surface area (Å²) in [6.07, 6.45) is -5.14. The van der Waals surface area contributed by atoms with Crippen LogP contribution in [0, 0.1) is 6.92 Å². The molecule has 1 heterocycles. The molecule has 2 atom stereocenters. The Morgan fingerprint density at radius 2 is 1.86 bits per heavy atom. The van der Waals surface area contributed by atoms with Crippen molar-refractivity contribution < 1.29 is 35.9 Å². The van der Waals surface area contributed by atoms with E-state index >= 15 is 0 Å². The van der Waals surface area contributed by atoms with Gasteiger partial charge in [-0.15, -0.1) is 0 Å². The lowest BCUT2D eigenvalue weighted by Gasteiger charge is -2.31. The Morgan fingerprint density at radius 1 is 1.12 bits per heavy atom. The van der Waals surface area contributed by atoms with Crippen molar-refractivity contribution in [2.75, 3.05) is 24.0 Å². The zero-order valence-corrected chi connectivity index (χ0v) is 24.8. The highest BCUT2D eigenvalue weighted by Gasteiger charge is 2.34. The van der Waals surface area contributed by atoms with Crippen LogP contribution in [0.2, 0.25) is 5.02 Å². The van der Waals surface area contributed by atoms with Gasteiger partial charge in [-0.25, -0.2) is 8.42 Å². The number of amides is 2. The largest absolute Gasteiger partial charge is 0.489 e. The van der Waals surface area contributed by atoms with E-state index in [0.717, 1.165) is 28.1 Å². The fourth-order valence-corrected chi connectivity index (χ4v) is 6.29. The van der Waals surface area contributed by atoms with Gasteiger partial charge in [0.05, 0.1) is 35.2 Å². The molecule has 3 aromatic rings. The molecule has 230 valence electrons. The van der Waals surface area contributed by atoms with Crippen LogP contribution in [-0.2, 0) is 21.0 Å². The fraction of sp³-hybridized carbons (Fsp3) is 0.310. The van der Waals surface area contributed by atoms with Crippen molar-refractivity contribution in [1.82, 2.24) is 10.6 Å². The maximum absolute atomic E-state index is 13.5. The van der Waals surface area contributed by atoms with E-state index in [1.807, 2.05) is 0 Å². The molecular weight excluding hydrogens is 609 g/mol. The quantitative estimate of drug-likeness (QED) is 0.315. The number of hydrogen-bond donors (Lipinski definition) is 3. The first-order chi connectivity index (χ1) is 20.2. The number of sulfonamides is 1. The van der Waals surface area contributed by atoms with Crippen molar-refractivity contribution in [2.45, 2.75) is 43.4 Å². The summed E-state index contributed by atoms with van der Waals surface area (Å²) in [5.74, 6) is -1.13. The van der Waals surface area contributed by atoms with Crippen LogP contribution in [0.1, 0.15) is 46.4 Å². The molecular formula is C29H30ClF3N4O5S. The Morgan fingerprint density at radius 3 is 2.53 bits per heavy atom. The molecule has 0 aromatic heterocycles. The first-order valence-electron chi connectivity index (χ1n) is 13.2. The van der Waals surface area contributed by atoms with Crippen LogP contribution in [-0.4, -0.2) is 46.0 Å². The minimum atomic E-state index is -4.70. The molecule has 0 spiro atoms. The minimum absolute atomic E-state index is 0.0159. The van der Waals surface area contributed by atoms with Crippen LogP contribution < -0.4 is 25.4 Å². The molecule has 43 heavy (non-hydrogen) atoms. The summed E-state index contributed by atoms with van der Waals surface area (Å²) in [6, 6.07) is 11.5. The van der Waals surface area contributed by atoms with Crippen molar-refractivity contribution in [3.05, 3.63) is 87.9 Å². The number of alkyl halides is 3. The van der Waals surface area contributed by atoms with Crippen molar-refractivity contribution in [3.8, 4) is 5.75 Å². The second kappa shape index (κ2) is 12.8. The van der Waals surface area contributed by atoms with Gasteiger partial charge in [-0.05, 0) is 73.5 Å². The highest BCUT2D eigenvalue weighted by Crippen LogP contribution is 2.37. The van der Waals surface area contributed by atoms with Gasteiger partial charge in [-0.3, -0.25) is 13.9 Å².